The van der Waals surface area contributed by atoms with Gasteiger partial charge in [-0.05, 0) is 18.6 Å². The largest absolute Gasteiger partial charge is 0.496 e. The van der Waals surface area contributed by atoms with Crippen molar-refractivity contribution in [3.8, 4) is 17.2 Å². The Hall–Kier alpha value is -4.34. The van der Waals surface area contributed by atoms with Crippen molar-refractivity contribution in [3.05, 3.63) is 64.4 Å². The Kier molecular flexibility index (Phi) is 5.20. The first kappa shape index (κ1) is 21.5. The Morgan fingerprint density at radius 3 is 2.65 bits per heavy atom. The highest BCUT2D eigenvalue weighted by molar-refractivity contribution is 6.39. The molecule has 172 valence electrons. The molecule has 0 saturated carbocycles. The van der Waals surface area contributed by atoms with Crippen LogP contribution in [0.2, 0.25) is 0 Å². The van der Waals surface area contributed by atoms with Crippen molar-refractivity contribution in [2.24, 2.45) is 17.0 Å². The number of ether oxygens (including phenoxy) is 2. The zero-order valence-electron chi connectivity index (χ0n) is 19.0. The maximum Gasteiger partial charge on any atom is 0.333 e. The molecule has 34 heavy (non-hydrogen) atoms. The molecule has 0 unspecified atom stereocenters. The summed E-state index contributed by atoms with van der Waals surface area (Å²) in [5, 5.41) is 0.616. The number of imidazole rings is 1. The molecule has 0 aliphatic carbocycles. The summed E-state index contributed by atoms with van der Waals surface area (Å²) in [4.78, 5) is 30.7. The summed E-state index contributed by atoms with van der Waals surface area (Å²) in [5.74, 6) is -0.00211. The van der Waals surface area contributed by atoms with Crippen molar-refractivity contribution in [3.63, 3.8) is 0 Å². The third-order valence-electron chi connectivity index (χ3n) is 5.74. The zero-order valence-corrected chi connectivity index (χ0v) is 19.0. The van der Waals surface area contributed by atoms with Gasteiger partial charge in [-0.15, -0.1) is 0 Å². The monoisotopic (exact) mass is 460 g/mol. The normalized spacial score (nSPS) is 13.7. The van der Waals surface area contributed by atoms with E-state index < -0.39 is 11.5 Å². The van der Waals surface area contributed by atoms with Crippen LogP contribution in [-0.4, -0.2) is 51.8 Å². The Bertz CT molecular complexity index is 1610. The van der Waals surface area contributed by atoms with E-state index in [9.17, 15) is 4.79 Å². The van der Waals surface area contributed by atoms with Gasteiger partial charge >= 0.3 is 5.69 Å². The summed E-state index contributed by atoms with van der Waals surface area (Å²) < 4.78 is 28.7. The lowest BCUT2D eigenvalue weighted by Crippen LogP contribution is -2.22. The van der Waals surface area contributed by atoms with Crippen molar-refractivity contribution in [1.82, 2.24) is 19.1 Å². The molecule has 4 heterocycles. The predicted octanol–water partition coefficient (Wildman–Crippen LogP) is 3.21. The number of halogens is 1. The second kappa shape index (κ2) is 8.22. The van der Waals surface area contributed by atoms with Crippen LogP contribution in [0.3, 0.4) is 0 Å². The first-order chi connectivity index (χ1) is 16.4. The van der Waals surface area contributed by atoms with Crippen molar-refractivity contribution in [2.75, 3.05) is 20.8 Å². The van der Waals surface area contributed by atoms with Gasteiger partial charge in [-0.1, -0.05) is 0 Å². The summed E-state index contributed by atoms with van der Waals surface area (Å²) in [6, 6.07) is 3.61. The number of hydrogen-bond acceptors (Lipinski definition) is 7. The summed E-state index contributed by atoms with van der Waals surface area (Å²) >= 11 is 0. The molecule has 9 nitrogen and oxygen atoms in total. The molecule has 4 aromatic rings. The SMILES string of the molecule is COc1cc2ncc3c(c2cc1C1=NC=C(C)CN=C1)n(-c1c(F)cncc1OC)c(=O)n3C. The highest BCUT2D eigenvalue weighted by atomic mass is 19.1. The number of rotatable bonds is 4. The third kappa shape index (κ3) is 3.26. The molecule has 0 radical (unpaired) electrons. The zero-order chi connectivity index (χ0) is 24.0. The summed E-state index contributed by atoms with van der Waals surface area (Å²) in [7, 11) is 4.58. The van der Waals surface area contributed by atoms with E-state index in [2.05, 4.69) is 20.0 Å². The first-order valence-electron chi connectivity index (χ1n) is 10.4. The smallest absolute Gasteiger partial charge is 0.333 e. The standard InChI is InChI=1S/C24H21FN6O3/c1-13-7-26-10-18(28-8-13)14-5-15-17(6-20(14)33-3)29-11-19-22(15)31(24(32)30(19)2)23-16(25)9-27-12-21(23)34-4/h5-6,8-12H,7H2,1-4H3. The molecule has 0 saturated heterocycles. The Balaban J connectivity index is 1.92. The molecule has 1 aliphatic heterocycles. The lowest BCUT2D eigenvalue weighted by molar-refractivity contribution is 0.406. The average Bonchev–Trinajstić information content (AvgIpc) is 2.97. The van der Waals surface area contributed by atoms with Crippen LogP contribution in [0.4, 0.5) is 4.39 Å². The van der Waals surface area contributed by atoms with E-state index in [1.165, 1.54) is 22.4 Å². The van der Waals surface area contributed by atoms with E-state index in [4.69, 9.17) is 9.47 Å². The van der Waals surface area contributed by atoms with Gasteiger partial charge in [0.2, 0.25) is 0 Å². The second-order valence-corrected chi connectivity index (χ2v) is 7.87. The molecule has 0 fully saturated rings. The molecule has 0 bridgehead atoms. The average molecular weight is 460 g/mol. The molecule has 1 aromatic carbocycles. The van der Waals surface area contributed by atoms with Crippen LogP contribution in [0.5, 0.6) is 11.5 Å². The number of fused-ring (bicyclic) bond motifs is 3. The van der Waals surface area contributed by atoms with Gasteiger partial charge < -0.3 is 9.47 Å². The van der Waals surface area contributed by atoms with Gasteiger partial charge in [0.15, 0.2) is 11.6 Å². The van der Waals surface area contributed by atoms with E-state index in [1.54, 1.807) is 38.8 Å². The molecular formula is C24H21FN6O3. The molecule has 0 amide bonds. The molecule has 0 N–H and O–H groups in total. The van der Waals surface area contributed by atoms with Crippen LogP contribution in [0.15, 0.2) is 57.3 Å². The first-order valence-corrected chi connectivity index (χ1v) is 10.4. The topological polar surface area (TPSA) is 95.9 Å². The van der Waals surface area contributed by atoms with E-state index in [0.717, 1.165) is 11.8 Å². The van der Waals surface area contributed by atoms with Crippen molar-refractivity contribution in [1.29, 1.82) is 0 Å². The fraction of sp³-hybridized carbons (Fsp3) is 0.208. The maximum absolute atomic E-state index is 15.0. The molecule has 10 heteroatoms. The molecule has 5 rings (SSSR count). The van der Waals surface area contributed by atoms with E-state index in [0.29, 0.717) is 45.5 Å². The van der Waals surface area contributed by atoms with Crippen molar-refractivity contribution < 1.29 is 13.9 Å². The van der Waals surface area contributed by atoms with Gasteiger partial charge in [-0.25, -0.2) is 9.18 Å². The summed E-state index contributed by atoms with van der Waals surface area (Å²) in [6.07, 6.45) is 7.45. The number of aromatic nitrogens is 4. The molecule has 0 spiro atoms. The molecule has 0 atom stereocenters. The fourth-order valence-electron chi connectivity index (χ4n) is 4.05. The van der Waals surface area contributed by atoms with Crippen molar-refractivity contribution >= 4 is 33.9 Å². The number of aryl methyl sites for hydroxylation is 1. The summed E-state index contributed by atoms with van der Waals surface area (Å²) in [5.41, 5.74) is 3.39. The van der Waals surface area contributed by atoms with Gasteiger partial charge in [-0.3, -0.25) is 29.1 Å². The van der Waals surface area contributed by atoms with E-state index in [-0.39, 0.29) is 11.4 Å². The van der Waals surface area contributed by atoms with Gasteiger partial charge in [0.05, 0.1) is 61.6 Å². The number of methoxy groups -OCH3 is 2. The highest BCUT2D eigenvalue weighted by Gasteiger charge is 2.23. The molecule has 1 aliphatic rings. The van der Waals surface area contributed by atoms with E-state index in [1.807, 2.05) is 13.0 Å². The van der Waals surface area contributed by atoms with Crippen LogP contribution in [0.25, 0.3) is 27.6 Å². The third-order valence-corrected chi connectivity index (χ3v) is 5.74. The van der Waals surface area contributed by atoms with Gasteiger partial charge in [0, 0.05) is 36.5 Å². The van der Waals surface area contributed by atoms with Crippen LogP contribution in [0, 0.1) is 5.82 Å². The second-order valence-electron chi connectivity index (χ2n) is 7.87. The minimum Gasteiger partial charge on any atom is -0.496 e. The van der Waals surface area contributed by atoms with Crippen molar-refractivity contribution in [2.45, 2.75) is 6.92 Å². The number of benzene rings is 1. The lowest BCUT2D eigenvalue weighted by Gasteiger charge is -2.13. The minimum atomic E-state index is -0.687. The fourth-order valence-corrected chi connectivity index (χ4v) is 4.05. The van der Waals surface area contributed by atoms with Gasteiger partial charge in [0.1, 0.15) is 11.4 Å². The number of aliphatic imine (C=N–C) groups is 2. The molecular weight excluding hydrogens is 439 g/mol. The Morgan fingerprint density at radius 1 is 1.09 bits per heavy atom. The van der Waals surface area contributed by atoms with Gasteiger partial charge in [-0.2, -0.15) is 0 Å². The van der Waals surface area contributed by atoms with Crippen LogP contribution in [0.1, 0.15) is 12.5 Å². The van der Waals surface area contributed by atoms with Crippen LogP contribution in [-0.2, 0) is 7.05 Å². The molecule has 3 aromatic heterocycles. The van der Waals surface area contributed by atoms with Crippen LogP contribution < -0.4 is 15.2 Å². The predicted molar refractivity (Wildman–Crippen MR) is 128 cm³/mol. The number of pyridine rings is 2. The van der Waals surface area contributed by atoms with Crippen LogP contribution >= 0.6 is 0 Å². The lowest BCUT2D eigenvalue weighted by atomic mass is 10.0. The highest BCUT2D eigenvalue weighted by Crippen LogP contribution is 2.33. The number of nitrogens with zero attached hydrogens (tertiary/aromatic N) is 6. The quantitative estimate of drug-likeness (QED) is 0.466. The minimum absolute atomic E-state index is 0.0232. The maximum atomic E-state index is 15.0. The summed E-state index contributed by atoms with van der Waals surface area (Å²) in [6.45, 7) is 2.50. The Morgan fingerprint density at radius 2 is 1.88 bits per heavy atom. The van der Waals surface area contributed by atoms with E-state index >= 15 is 4.39 Å². The van der Waals surface area contributed by atoms with Gasteiger partial charge in [0.25, 0.3) is 0 Å². The number of hydrogen-bond donors (Lipinski definition) is 0. The Labute approximate surface area is 193 Å².